The standard InChI is InChI=1S/C21H23F3N6O.HI/c1-25-20(28-14-17-4-2-10-26-19(17)31-15-21(22,23)24)27-12-9-16-5-7-18(8-6-16)30-13-3-11-29-30;/h2-8,10-11,13H,9,12,14-15H2,1H3,(H2,25,27,28);1H. The van der Waals surface area contributed by atoms with Crippen molar-refractivity contribution in [3.05, 3.63) is 72.2 Å². The molecule has 0 fully saturated rings. The molecule has 0 aliphatic rings. The Balaban J connectivity index is 0.00000363. The van der Waals surface area contributed by atoms with Crippen molar-refractivity contribution in [1.82, 2.24) is 25.4 Å². The smallest absolute Gasteiger partial charge is 0.422 e. The van der Waals surface area contributed by atoms with Crippen molar-refractivity contribution in [3.63, 3.8) is 0 Å². The molecule has 0 amide bonds. The van der Waals surface area contributed by atoms with Gasteiger partial charge in [0.05, 0.1) is 5.69 Å². The lowest BCUT2D eigenvalue weighted by atomic mass is 10.1. The van der Waals surface area contributed by atoms with Crippen LogP contribution in [0.5, 0.6) is 5.88 Å². The van der Waals surface area contributed by atoms with E-state index in [9.17, 15) is 13.2 Å². The lowest BCUT2D eigenvalue weighted by molar-refractivity contribution is -0.154. The van der Waals surface area contributed by atoms with Gasteiger partial charge < -0.3 is 15.4 Å². The fraction of sp³-hybridized carbons (Fsp3) is 0.286. The maximum absolute atomic E-state index is 12.4. The molecule has 1 aromatic carbocycles. The van der Waals surface area contributed by atoms with E-state index in [0.29, 0.717) is 18.1 Å². The molecule has 0 aliphatic carbocycles. The van der Waals surface area contributed by atoms with Crippen molar-refractivity contribution in [3.8, 4) is 11.6 Å². The summed E-state index contributed by atoms with van der Waals surface area (Å²) < 4.78 is 43.8. The van der Waals surface area contributed by atoms with E-state index in [1.165, 1.54) is 6.20 Å². The van der Waals surface area contributed by atoms with Crippen LogP contribution >= 0.6 is 24.0 Å². The molecule has 0 radical (unpaired) electrons. The van der Waals surface area contributed by atoms with Gasteiger partial charge in [0.2, 0.25) is 5.88 Å². The maximum atomic E-state index is 12.4. The third-order valence-corrected chi connectivity index (χ3v) is 4.30. The molecule has 2 heterocycles. The normalized spacial score (nSPS) is 11.6. The first-order chi connectivity index (χ1) is 14.9. The highest BCUT2D eigenvalue weighted by atomic mass is 127. The van der Waals surface area contributed by atoms with E-state index in [1.807, 2.05) is 36.5 Å². The summed E-state index contributed by atoms with van der Waals surface area (Å²) in [6.45, 7) is -0.534. The minimum absolute atomic E-state index is 0. The number of nitrogens with zero attached hydrogens (tertiary/aromatic N) is 4. The van der Waals surface area contributed by atoms with Gasteiger partial charge in [0, 0.05) is 44.3 Å². The van der Waals surface area contributed by atoms with Gasteiger partial charge in [-0.2, -0.15) is 18.3 Å². The molecule has 0 saturated carbocycles. The van der Waals surface area contributed by atoms with Crippen LogP contribution in [0, 0.1) is 0 Å². The average Bonchev–Trinajstić information content (AvgIpc) is 3.30. The van der Waals surface area contributed by atoms with Crippen molar-refractivity contribution < 1.29 is 17.9 Å². The van der Waals surface area contributed by atoms with Crippen molar-refractivity contribution in [2.45, 2.75) is 19.1 Å². The molecule has 0 saturated heterocycles. The van der Waals surface area contributed by atoms with Crippen LogP contribution < -0.4 is 15.4 Å². The zero-order valence-electron chi connectivity index (χ0n) is 17.3. The monoisotopic (exact) mass is 560 g/mol. The number of hydrogen-bond acceptors (Lipinski definition) is 4. The van der Waals surface area contributed by atoms with Gasteiger partial charge in [-0.3, -0.25) is 4.99 Å². The second-order valence-corrected chi connectivity index (χ2v) is 6.59. The van der Waals surface area contributed by atoms with Crippen molar-refractivity contribution in [2.24, 2.45) is 4.99 Å². The van der Waals surface area contributed by atoms with E-state index in [4.69, 9.17) is 4.74 Å². The summed E-state index contributed by atoms with van der Waals surface area (Å²) in [5.41, 5.74) is 2.64. The number of aliphatic imine (C=N–C) groups is 1. The molecule has 0 bridgehead atoms. The first-order valence-corrected chi connectivity index (χ1v) is 9.61. The highest BCUT2D eigenvalue weighted by molar-refractivity contribution is 14.0. The van der Waals surface area contributed by atoms with E-state index in [1.54, 1.807) is 30.1 Å². The van der Waals surface area contributed by atoms with Crippen LogP contribution in [0.4, 0.5) is 13.2 Å². The maximum Gasteiger partial charge on any atom is 0.422 e. The average molecular weight is 560 g/mol. The topological polar surface area (TPSA) is 76.4 Å². The van der Waals surface area contributed by atoms with Crippen LogP contribution in [0.3, 0.4) is 0 Å². The largest absolute Gasteiger partial charge is 0.468 e. The number of guanidine groups is 1. The highest BCUT2D eigenvalue weighted by Crippen LogP contribution is 2.19. The Labute approximate surface area is 201 Å². The van der Waals surface area contributed by atoms with Gasteiger partial charge >= 0.3 is 6.18 Å². The van der Waals surface area contributed by atoms with Gasteiger partial charge in [-0.05, 0) is 36.2 Å². The Morgan fingerprint density at radius 3 is 2.53 bits per heavy atom. The number of hydrogen-bond donors (Lipinski definition) is 2. The molecule has 32 heavy (non-hydrogen) atoms. The molecule has 0 spiro atoms. The van der Waals surface area contributed by atoms with Crippen LogP contribution in [-0.2, 0) is 13.0 Å². The Kier molecular flexibility index (Phi) is 9.75. The Bertz CT molecular complexity index is 978. The zero-order chi connectivity index (χ0) is 22.1. The Morgan fingerprint density at radius 2 is 1.88 bits per heavy atom. The number of alkyl halides is 3. The fourth-order valence-corrected chi connectivity index (χ4v) is 2.80. The summed E-state index contributed by atoms with van der Waals surface area (Å²) in [6.07, 6.45) is 1.35. The second kappa shape index (κ2) is 12.3. The third kappa shape index (κ3) is 8.02. The predicted octanol–water partition coefficient (Wildman–Crippen LogP) is 3.73. The van der Waals surface area contributed by atoms with Gasteiger partial charge in [0.1, 0.15) is 0 Å². The fourth-order valence-electron chi connectivity index (χ4n) is 2.80. The van der Waals surface area contributed by atoms with Gasteiger partial charge in [0.15, 0.2) is 12.6 Å². The SMILES string of the molecule is CN=C(NCCc1ccc(-n2cccn2)cc1)NCc1cccnc1OCC(F)(F)F.I. The van der Waals surface area contributed by atoms with Crippen molar-refractivity contribution >= 4 is 29.9 Å². The molecule has 0 atom stereocenters. The summed E-state index contributed by atoms with van der Waals surface area (Å²) in [5.74, 6) is 0.471. The van der Waals surface area contributed by atoms with Crippen LogP contribution in [0.2, 0.25) is 0 Å². The molecule has 3 rings (SSSR count). The highest BCUT2D eigenvalue weighted by Gasteiger charge is 2.29. The van der Waals surface area contributed by atoms with Crippen LogP contribution in [0.1, 0.15) is 11.1 Å². The van der Waals surface area contributed by atoms with E-state index in [-0.39, 0.29) is 36.4 Å². The molecular formula is C21H24F3IN6O. The van der Waals surface area contributed by atoms with E-state index < -0.39 is 12.8 Å². The van der Waals surface area contributed by atoms with Gasteiger partial charge in [-0.25, -0.2) is 9.67 Å². The molecular weight excluding hydrogens is 536 g/mol. The molecule has 2 N–H and O–H groups in total. The first kappa shape index (κ1) is 25.4. The Hall–Kier alpha value is -2.83. The zero-order valence-corrected chi connectivity index (χ0v) is 19.7. The summed E-state index contributed by atoms with van der Waals surface area (Å²) >= 11 is 0. The summed E-state index contributed by atoms with van der Waals surface area (Å²) in [7, 11) is 1.62. The summed E-state index contributed by atoms with van der Waals surface area (Å²) in [5, 5.41) is 10.4. The number of rotatable bonds is 8. The van der Waals surface area contributed by atoms with E-state index in [0.717, 1.165) is 17.7 Å². The molecule has 0 unspecified atom stereocenters. The van der Waals surface area contributed by atoms with Crippen LogP contribution in [0.25, 0.3) is 5.69 Å². The van der Waals surface area contributed by atoms with Gasteiger partial charge in [-0.1, -0.05) is 18.2 Å². The number of nitrogens with one attached hydrogen (secondary N) is 2. The number of aromatic nitrogens is 3. The molecule has 7 nitrogen and oxygen atoms in total. The molecule has 2 aromatic heterocycles. The Morgan fingerprint density at radius 1 is 1.09 bits per heavy atom. The van der Waals surface area contributed by atoms with Crippen molar-refractivity contribution in [2.75, 3.05) is 20.2 Å². The summed E-state index contributed by atoms with van der Waals surface area (Å²) in [4.78, 5) is 8.02. The van der Waals surface area contributed by atoms with Gasteiger partial charge in [0.25, 0.3) is 0 Å². The van der Waals surface area contributed by atoms with Gasteiger partial charge in [-0.15, -0.1) is 24.0 Å². The minimum atomic E-state index is -4.42. The lowest BCUT2D eigenvalue weighted by Crippen LogP contribution is -2.38. The number of benzene rings is 1. The molecule has 172 valence electrons. The van der Waals surface area contributed by atoms with E-state index in [2.05, 4.69) is 25.7 Å². The number of ether oxygens (including phenoxy) is 1. The molecule has 3 aromatic rings. The summed E-state index contributed by atoms with van der Waals surface area (Å²) in [6, 6.07) is 13.2. The quantitative estimate of drug-likeness (QED) is 0.250. The van der Waals surface area contributed by atoms with Crippen LogP contribution in [0.15, 0.2) is 66.0 Å². The predicted molar refractivity (Wildman–Crippen MR) is 127 cm³/mol. The lowest BCUT2D eigenvalue weighted by Gasteiger charge is -2.15. The third-order valence-electron chi connectivity index (χ3n) is 4.30. The van der Waals surface area contributed by atoms with Crippen molar-refractivity contribution in [1.29, 1.82) is 0 Å². The molecule has 0 aliphatic heterocycles. The number of halogens is 4. The second-order valence-electron chi connectivity index (χ2n) is 6.59. The van der Waals surface area contributed by atoms with Crippen LogP contribution in [-0.4, -0.2) is 47.1 Å². The number of pyridine rings is 1. The van der Waals surface area contributed by atoms with E-state index >= 15 is 0 Å². The first-order valence-electron chi connectivity index (χ1n) is 9.61. The minimum Gasteiger partial charge on any atom is -0.468 e. The molecule has 11 heteroatoms.